The number of morpholine rings is 1. The molecule has 1 aliphatic heterocycles. The smallest absolute Gasteiger partial charge is 0.269 e. The Balaban J connectivity index is 1.65. The zero-order chi connectivity index (χ0) is 17.8. The van der Waals surface area contributed by atoms with Gasteiger partial charge in [-0.15, -0.1) is 0 Å². The summed E-state index contributed by atoms with van der Waals surface area (Å²) < 4.78 is 7.05. The van der Waals surface area contributed by atoms with Crippen molar-refractivity contribution in [2.75, 3.05) is 19.7 Å². The van der Waals surface area contributed by atoms with Crippen LogP contribution in [0.15, 0.2) is 30.6 Å². The van der Waals surface area contributed by atoms with Crippen LogP contribution in [-0.4, -0.2) is 56.3 Å². The molecule has 9 heteroatoms. The van der Waals surface area contributed by atoms with Gasteiger partial charge in [0.1, 0.15) is 12.9 Å². The van der Waals surface area contributed by atoms with Crippen molar-refractivity contribution in [1.29, 1.82) is 0 Å². The van der Waals surface area contributed by atoms with Crippen molar-refractivity contribution < 1.29 is 14.5 Å². The van der Waals surface area contributed by atoms with Gasteiger partial charge in [-0.1, -0.05) is 6.92 Å². The number of amides is 1. The monoisotopic (exact) mass is 345 g/mol. The molecule has 1 aliphatic rings. The molecular formula is C16H19N5O4. The molecule has 0 unspecified atom stereocenters. The summed E-state index contributed by atoms with van der Waals surface area (Å²) in [5, 5.41) is 15.0. The highest BCUT2D eigenvalue weighted by Gasteiger charge is 2.23. The predicted octanol–water partition coefficient (Wildman–Crippen LogP) is 1.49. The Hall–Kier alpha value is -2.81. The minimum absolute atomic E-state index is 0.0103. The molecule has 0 aliphatic carbocycles. The summed E-state index contributed by atoms with van der Waals surface area (Å²) in [5.74, 6) is 0.401. The number of hydrogen-bond donors (Lipinski definition) is 0. The van der Waals surface area contributed by atoms with E-state index < -0.39 is 4.92 Å². The van der Waals surface area contributed by atoms with E-state index in [4.69, 9.17) is 4.74 Å². The highest BCUT2D eigenvalue weighted by atomic mass is 16.6. The average Bonchev–Trinajstić information content (AvgIpc) is 3.10. The van der Waals surface area contributed by atoms with Gasteiger partial charge < -0.3 is 9.64 Å². The van der Waals surface area contributed by atoms with Gasteiger partial charge in [-0.2, -0.15) is 5.10 Å². The summed E-state index contributed by atoms with van der Waals surface area (Å²) in [6, 6.07) is 5.99. The summed E-state index contributed by atoms with van der Waals surface area (Å²) in [5.41, 5.74) is 0.672. The van der Waals surface area contributed by atoms with Gasteiger partial charge >= 0.3 is 0 Å². The lowest BCUT2D eigenvalue weighted by atomic mass is 10.2. The maximum atomic E-state index is 12.4. The molecule has 2 aromatic rings. The minimum atomic E-state index is -0.458. The van der Waals surface area contributed by atoms with E-state index in [0.717, 1.165) is 6.42 Å². The van der Waals surface area contributed by atoms with E-state index in [1.165, 1.54) is 23.1 Å². The summed E-state index contributed by atoms with van der Waals surface area (Å²) in [6.07, 6.45) is 2.45. The third-order valence-electron chi connectivity index (χ3n) is 4.12. The number of non-ortho nitro benzene ring substituents is 1. The fourth-order valence-corrected chi connectivity index (χ4v) is 2.67. The molecule has 1 aromatic carbocycles. The van der Waals surface area contributed by atoms with Crippen LogP contribution in [0.2, 0.25) is 0 Å². The van der Waals surface area contributed by atoms with E-state index in [1.54, 1.807) is 17.0 Å². The average molecular weight is 345 g/mol. The van der Waals surface area contributed by atoms with E-state index in [-0.39, 0.29) is 24.2 Å². The number of carbonyl (C=O) groups excluding carboxylic acids is 1. The van der Waals surface area contributed by atoms with Crippen LogP contribution in [0.3, 0.4) is 0 Å². The first-order chi connectivity index (χ1) is 12.1. The standard InChI is InChI=1S/C16H19N5O4/c1-2-14-9-19(7-8-25-14)15(22)10-20-11-17-16(18-20)12-3-5-13(6-4-12)21(23)24/h3-6,11,14H,2,7-10H2,1H3/t14-/m1/s1. The number of nitro groups is 1. The summed E-state index contributed by atoms with van der Waals surface area (Å²) in [7, 11) is 0. The van der Waals surface area contributed by atoms with Crippen LogP contribution >= 0.6 is 0 Å². The molecule has 0 bridgehead atoms. The van der Waals surface area contributed by atoms with E-state index >= 15 is 0 Å². The molecule has 0 radical (unpaired) electrons. The summed E-state index contributed by atoms with van der Waals surface area (Å²) >= 11 is 0. The number of hydrogen-bond acceptors (Lipinski definition) is 6. The Kier molecular flexibility index (Phi) is 5.03. The molecule has 1 fully saturated rings. The summed E-state index contributed by atoms with van der Waals surface area (Å²) in [4.78, 5) is 28.6. The second kappa shape index (κ2) is 7.39. The number of nitrogens with zero attached hydrogens (tertiary/aromatic N) is 5. The van der Waals surface area contributed by atoms with E-state index in [1.807, 2.05) is 6.92 Å². The van der Waals surface area contributed by atoms with Gasteiger partial charge in [0.25, 0.3) is 5.69 Å². The quantitative estimate of drug-likeness (QED) is 0.601. The van der Waals surface area contributed by atoms with E-state index in [2.05, 4.69) is 10.1 Å². The fourth-order valence-electron chi connectivity index (χ4n) is 2.67. The van der Waals surface area contributed by atoms with Crippen molar-refractivity contribution in [2.45, 2.75) is 26.0 Å². The lowest BCUT2D eigenvalue weighted by Crippen LogP contribution is -2.46. The third kappa shape index (κ3) is 4.00. The highest BCUT2D eigenvalue weighted by Crippen LogP contribution is 2.19. The van der Waals surface area contributed by atoms with Gasteiger partial charge in [-0.25, -0.2) is 9.67 Å². The third-order valence-corrected chi connectivity index (χ3v) is 4.12. The first-order valence-electron chi connectivity index (χ1n) is 8.10. The Morgan fingerprint density at radius 3 is 2.84 bits per heavy atom. The number of ether oxygens (including phenoxy) is 1. The zero-order valence-electron chi connectivity index (χ0n) is 13.9. The molecule has 0 N–H and O–H groups in total. The second-order valence-corrected chi connectivity index (χ2v) is 5.81. The van der Waals surface area contributed by atoms with Crippen molar-refractivity contribution in [1.82, 2.24) is 19.7 Å². The Labute approximate surface area is 144 Å². The van der Waals surface area contributed by atoms with E-state index in [0.29, 0.717) is 31.1 Å². The molecule has 0 saturated carbocycles. The van der Waals surface area contributed by atoms with Crippen molar-refractivity contribution >= 4 is 11.6 Å². The molecule has 132 valence electrons. The number of aromatic nitrogens is 3. The zero-order valence-corrected chi connectivity index (χ0v) is 13.9. The number of nitro benzene ring substituents is 1. The second-order valence-electron chi connectivity index (χ2n) is 5.81. The Morgan fingerprint density at radius 1 is 1.40 bits per heavy atom. The molecule has 1 aromatic heterocycles. The van der Waals surface area contributed by atoms with Crippen LogP contribution < -0.4 is 0 Å². The lowest BCUT2D eigenvalue weighted by molar-refractivity contribution is -0.384. The van der Waals surface area contributed by atoms with Crippen molar-refractivity contribution in [2.24, 2.45) is 0 Å². The van der Waals surface area contributed by atoms with Gasteiger partial charge in [0, 0.05) is 30.8 Å². The maximum Gasteiger partial charge on any atom is 0.269 e. The Bertz CT molecular complexity index is 758. The largest absolute Gasteiger partial charge is 0.375 e. The van der Waals surface area contributed by atoms with Crippen molar-refractivity contribution in [3.05, 3.63) is 40.7 Å². The minimum Gasteiger partial charge on any atom is -0.375 e. The molecule has 0 spiro atoms. The molecule has 9 nitrogen and oxygen atoms in total. The van der Waals surface area contributed by atoms with Crippen LogP contribution in [0.1, 0.15) is 13.3 Å². The van der Waals surface area contributed by atoms with Crippen LogP contribution in [0.4, 0.5) is 5.69 Å². The fraction of sp³-hybridized carbons (Fsp3) is 0.438. The lowest BCUT2D eigenvalue weighted by Gasteiger charge is -2.32. The van der Waals surface area contributed by atoms with Gasteiger partial charge in [-0.3, -0.25) is 14.9 Å². The summed E-state index contributed by atoms with van der Waals surface area (Å²) in [6.45, 7) is 3.87. The van der Waals surface area contributed by atoms with Gasteiger partial charge in [0.2, 0.25) is 5.91 Å². The van der Waals surface area contributed by atoms with Crippen LogP contribution in [0.5, 0.6) is 0 Å². The molecule has 1 atom stereocenters. The molecule has 1 saturated heterocycles. The molecular weight excluding hydrogens is 326 g/mol. The maximum absolute atomic E-state index is 12.4. The van der Waals surface area contributed by atoms with Gasteiger partial charge in [0.15, 0.2) is 5.82 Å². The van der Waals surface area contributed by atoms with Crippen LogP contribution in [0, 0.1) is 10.1 Å². The highest BCUT2D eigenvalue weighted by molar-refractivity contribution is 5.76. The Morgan fingerprint density at radius 2 is 2.16 bits per heavy atom. The predicted molar refractivity (Wildman–Crippen MR) is 88.7 cm³/mol. The van der Waals surface area contributed by atoms with Crippen molar-refractivity contribution in [3.8, 4) is 11.4 Å². The van der Waals surface area contributed by atoms with Gasteiger partial charge in [-0.05, 0) is 18.6 Å². The van der Waals surface area contributed by atoms with E-state index in [9.17, 15) is 14.9 Å². The van der Waals surface area contributed by atoms with Crippen molar-refractivity contribution in [3.63, 3.8) is 0 Å². The molecule has 1 amide bonds. The number of rotatable bonds is 5. The number of benzene rings is 1. The normalized spacial score (nSPS) is 17.5. The molecule has 25 heavy (non-hydrogen) atoms. The number of carbonyl (C=O) groups is 1. The van der Waals surface area contributed by atoms with Gasteiger partial charge in [0.05, 0.1) is 17.6 Å². The van der Waals surface area contributed by atoms with Crippen LogP contribution in [0.25, 0.3) is 11.4 Å². The topological polar surface area (TPSA) is 103 Å². The van der Waals surface area contributed by atoms with Crippen LogP contribution in [-0.2, 0) is 16.1 Å². The molecule has 3 rings (SSSR count). The SMILES string of the molecule is CC[C@@H]1CN(C(=O)Cn2cnc(-c3ccc([N+](=O)[O-])cc3)n2)CCO1. The molecule has 2 heterocycles. The first-order valence-corrected chi connectivity index (χ1v) is 8.10. The first kappa shape index (κ1) is 17.0.